The van der Waals surface area contributed by atoms with E-state index in [0.29, 0.717) is 0 Å². The van der Waals surface area contributed by atoms with Gasteiger partial charge in [0, 0.05) is 22.3 Å². The molecule has 0 bridgehead atoms. The third kappa shape index (κ3) is 22.5. The van der Waals surface area contributed by atoms with Gasteiger partial charge in [-0.05, 0) is 13.8 Å². The normalized spacial score (nSPS) is 12.0. The summed E-state index contributed by atoms with van der Waals surface area (Å²) in [5.74, 6) is -0.417. The van der Waals surface area contributed by atoms with Gasteiger partial charge in [0.1, 0.15) is 0 Å². The summed E-state index contributed by atoms with van der Waals surface area (Å²) in [5.41, 5.74) is 0. The highest BCUT2D eigenvalue weighted by Crippen LogP contribution is 2.05. The van der Waals surface area contributed by atoms with Gasteiger partial charge in [-0.2, -0.15) is 0 Å². The number of rotatable bonds is 2. The second kappa shape index (κ2) is 5.73. The number of hydrogen-bond acceptors (Lipinski definition) is 2. The van der Waals surface area contributed by atoms with Crippen molar-refractivity contribution in [1.29, 1.82) is 0 Å². The molecule has 0 aromatic rings. The van der Waals surface area contributed by atoms with Gasteiger partial charge >= 0.3 is 0 Å². The highest BCUT2D eigenvalue weighted by atomic mass is 28.3. The lowest BCUT2D eigenvalue weighted by molar-refractivity contribution is -0.178. The van der Waals surface area contributed by atoms with Gasteiger partial charge in [-0.1, -0.05) is 26.2 Å². The van der Waals surface area contributed by atoms with Crippen LogP contribution < -0.4 is 0 Å². The van der Waals surface area contributed by atoms with E-state index in [4.69, 9.17) is 9.47 Å². The molecule has 0 saturated heterocycles. The van der Waals surface area contributed by atoms with E-state index in [1.165, 1.54) is 0 Å². The predicted octanol–water partition coefficient (Wildman–Crippen LogP) is 2.97. The van der Waals surface area contributed by atoms with Crippen LogP contribution in [0.1, 0.15) is 13.8 Å². The third-order valence-electron chi connectivity index (χ3n) is 0.983. The Labute approximate surface area is 78.3 Å². The lowest BCUT2D eigenvalue weighted by atomic mass is 10.4. The summed E-state index contributed by atoms with van der Waals surface area (Å²) >= 11 is 0. The summed E-state index contributed by atoms with van der Waals surface area (Å²) < 4.78 is 9.73. The molecule has 0 aliphatic heterocycles. The zero-order valence-electron chi connectivity index (χ0n) is 9.82. The van der Waals surface area contributed by atoms with Crippen molar-refractivity contribution in [2.24, 2.45) is 0 Å². The van der Waals surface area contributed by atoms with Gasteiger partial charge in [0.25, 0.3) is 0 Å². The van der Waals surface area contributed by atoms with E-state index in [-0.39, 0.29) is 0 Å². The summed E-state index contributed by atoms with van der Waals surface area (Å²) in [6.45, 7) is 13.0. The zero-order chi connectivity index (χ0) is 10.4. The minimum absolute atomic E-state index is 0.417. The van der Waals surface area contributed by atoms with Gasteiger partial charge in [0.15, 0.2) is 5.79 Å². The van der Waals surface area contributed by atoms with Crippen LogP contribution in [-0.4, -0.2) is 28.1 Å². The first-order valence-electron chi connectivity index (χ1n) is 4.22. The van der Waals surface area contributed by atoms with Crippen molar-refractivity contribution < 1.29 is 9.47 Å². The Morgan fingerprint density at radius 2 is 1.00 bits per heavy atom. The molecule has 0 heterocycles. The maximum Gasteiger partial charge on any atom is 0.161 e. The van der Waals surface area contributed by atoms with Crippen LogP contribution in [0.15, 0.2) is 0 Å². The predicted molar refractivity (Wildman–Crippen MR) is 57.3 cm³/mol. The van der Waals surface area contributed by atoms with Crippen LogP contribution in [0.4, 0.5) is 0 Å². The van der Waals surface area contributed by atoms with Crippen LogP contribution in [0.2, 0.25) is 26.2 Å². The molecule has 0 aromatic carbocycles. The highest BCUT2D eigenvalue weighted by Gasteiger charge is 2.11. The summed E-state index contributed by atoms with van der Waals surface area (Å²) in [7, 11) is 2.62. The minimum Gasteiger partial charge on any atom is -0.354 e. The fraction of sp³-hybridized carbons (Fsp3) is 1.00. The van der Waals surface area contributed by atoms with Crippen LogP contribution in [0.25, 0.3) is 0 Å². The van der Waals surface area contributed by atoms with Gasteiger partial charge < -0.3 is 9.47 Å². The first-order valence-corrected chi connectivity index (χ1v) is 8.22. The monoisotopic (exact) mass is 192 g/mol. The molecule has 12 heavy (non-hydrogen) atoms. The summed E-state index contributed by atoms with van der Waals surface area (Å²) in [6, 6.07) is 0. The molecule has 0 N–H and O–H groups in total. The molecule has 0 amide bonds. The van der Waals surface area contributed by atoms with E-state index in [2.05, 4.69) is 26.2 Å². The van der Waals surface area contributed by atoms with Gasteiger partial charge in [-0.25, -0.2) is 0 Å². The number of methoxy groups -OCH3 is 2. The molecular weight excluding hydrogens is 168 g/mol. The highest BCUT2D eigenvalue weighted by molar-refractivity contribution is 6.74. The summed E-state index contributed by atoms with van der Waals surface area (Å²) in [5, 5.41) is 0. The molecule has 0 atom stereocenters. The smallest absolute Gasteiger partial charge is 0.161 e. The molecule has 0 saturated carbocycles. The average Bonchev–Trinajstić information content (AvgIpc) is 1.85. The van der Waals surface area contributed by atoms with Crippen LogP contribution >= 0.6 is 0 Å². The van der Waals surface area contributed by atoms with Gasteiger partial charge in [0.05, 0.1) is 0 Å². The molecule has 0 radical (unpaired) electrons. The molecule has 0 aromatic heterocycles. The summed E-state index contributed by atoms with van der Waals surface area (Å²) in [6.07, 6.45) is 0. The molecular formula is C9H24O2Si. The van der Waals surface area contributed by atoms with Gasteiger partial charge in [-0.3, -0.25) is 0 Å². The van der Waals surface area contributed by atoms with Crippen molar-refractivity contribution >= 4 is 8.07 Å². The zero-order valence-corrected chi connectivity index (χ0v) is 10.8. The first kappa shape index (κ1) is 14.6. The number of ether oxygens (including phenoxy) is 2. The lowest BCUT2D eigenvalue weighted by Crippen LogP contribution is -2.24. The molecule has 3 heteroatoms. The maximum absolute atomic E-state index is 4.86. The molecule has 0 aliphatic carbocycles. The SMILES string of the molecule is COC(C)(C)OC.C[Si](C)(C)C. The van der Waals surface area contributed by atoms with Crippen LogP contribution in [0.5, 0.6) is 0 Å². The first-order chi connectivity index (χ1) is 5.12. The van der Waals surface area contributed by atoms with Crippen molar-refractivity contribution in [3.05, 3.63) is 0 Å². The van der Waals surface area contributed by atoms with E-state index < -0.39 is 13.9 Å². The molecule has 0 rings (SSSR count). The summed E-state index contributed by atoms with van der Waals surface area (Å²) in [4.78, 5) is 0. The number of hydrogen-bond donors (Lipinski definition) is 0. The van der Waals surface area contributed by atoms with Gasteiger partial charge in [-0.15, -0.1) is 0 Å². The standard InChI is InChI=1S/C5H12O2.C4H12Si/c1-5(2,6-3)7-4;1-5(2,3)4/h1-4H3;1-4H3. The van der Waals surface area contributed by atoms with Crippen molar-refractivity contribution in [3.8, 4) is 0 Å². The molecule has 2 nitrogen and oxygen atoms in total. The third-order valence-corrected chi connectivity index (χ3v) is 0.983. The van der Waals surface area contributed by atoms with E-state index in [1.807, 2.05) is 13.8 Å². The van der Waals surface area contributed by atoms with E-state index in [1.54, 1.807) is 14.2 Å². The van der Waals surface area contributed by atoms with E-state index in [0.717, 1.165) is 0 Å². The molecule has 0 aliphatic rings. The lowest BCUT2D eigenvalue weighted by Gasteiger charge is -2.19. The Balaban J connectivity index is 0. The topological polar surface area (TPSA) is 18.5 Å². The van der Waals surface area contributed by atoms with Crippen LogP contribution in [0, 0.1) is 0 Å². The van der Waals surface area contributed by atoms with Crippen LogP contribution in [-0.2, 0) is 9.47 Å². The molecule has 0 fully saturated rings. The van der Waals surface area contributed by atoms with Crippen molar-refractivity contribution in [3.63, 3.8) is 0 Å². The molecule has 0 unspecified atom stereocenters. The Hall–Kier alpha value is 0.137. The van der Waals surface area contributed by atoms with Crippen molar-refractivity contribution in [1.82, 2.24) is 0 Å². The van der Waals surface area contributed by atoms with Crippen molar-refractivity contribution in [2.75, 3.05) is 14.2 Å². The largest absolute Gasteiger partial charge is 0.354 e. The second-order valence-corrected chi connectivity index (χ2v) is 10.8. The van der Waals surface area contributed by atoms with E-state index in [9.17, 15) is 0 Å². The van der Waals surface area contributed by atoms with Crippen LogP contribution in [0.3, 0.4) is 0 Å². The minimum atomic E-state index is -0.611. The van der Waals surface area contributed by atoms with Gasteiger partial charge in [0.2, 0.25) is 0 Å². The van der Waals surface area contributed by atoms with E-state index >= 15 is 0 Å². The Kier molecular flexibility index (Phi) is 6.99. The Morgan fingerprint density at radius 3 is 1.00 bits per heavy atom. The fourth-order valence-electron chi connectivity index (χ4n) is 0.0833. The van der Waals surface area contributed by atoms with Crippen molar-refractivity contribution in [2.45, 2.75) is 45.8 Å². The quantitative estimate of drug-likeness (QED) is 0.495. The second-order valence-electron chi connectivity index (χ2n) is 4.81. The Bertz CT molecular complexity index is 93.6. The molecule has 76 valence electrons. The maximum atomic E-state index is 4.86. The average molecular weight is 192 g/mol. The Morgan fingerprint density at radius 1 is 0.833 bits per heavy atom. The molecule has 0 spiro atoms. The fourth-order valence-corrected chi connectivity index (χ4v) is 0.0833.